The first kappa shape index (κ1) is 26.4. The number of hydrogen-bond donors (Lipinski definition) is 3. The van der Waals surface area contributed by atoms with Gasteiger partial charge in [0.15, 0.2) is 0 Å². The van der Waals surface area contributed by atoms with E-state index in [2.05, 4.69) is 10.6 Å². The molecule has 0 aromatic heterocycles. The highest BCUT2D eigenvalue weighted by Crippen LogP contribution is 2.27. The molecule has 1 heterocycles. The van der Waals surface area contributed by atoms with Crippen LogP contribution >= 0.6 is 0 Å². The van der Waals surface area contributed by atoms with Gasteiger partial charge in [0.2, 0.25) is 11.8 Å². The number of nitrogens with two attached hydrogens (primary N) is 1. The maximum absolute atomic E-state index is 13.7. The lowest BCUT2D eigenvalue weighted by molar-refractivity contribution is -0.131. The number of halogens is 1. The van der Waals surface area contributed by atoms with E-state index >= 15 is 0 Å². The molecule has 10 heteroatoms. The highest BCUT2D eigenvalue weighted by atomic mass is 19.1. The van der Waals surface area contributed by atoms with Gasteiger partial charge in [0.1, 0.15) is 17.9 Å². The molecule has 1 saturated heterocycles. The number of hydrogen-bond acceptors (Lipinski definition) is 4. The zero-order chi connectivity index (χ0) is 25.5. The van der Waals surface area contributed by atoms with Gasteiger partial charge in [0.25, 0.3) is 5.91 Å². The molecule has 0 radical (unpaired) electrons. The molecule has 35 heavy (non-hydrogen) atoms. The molecule has 2 aliphatic rings. The molecular weight excluding hydrogens is 453 g/mol. The van der Waals surface area contributed by atoms with Gasteiger partial charge in [-0.05, 0) is 44.4 Å². The SMILES string of the molecule is CC(C)NC(=O)N1CCN(C(=O)c2cccc(F)c2)CC1C(=O)NC(CC1CCCCC1)C(N)=O. The van der Waals surface area contributed by atoms with Gasteiger partial charge in [0, 0.05) is 24.7 Å². The molecule has 1 aliphatic carbocycles. The van der Waals surface area contributed by atoms with E-state index in [1.807, 2.05) is 13.8 Å². The Morgan fingerprint density at radius 2 is 1.80 bits per heavy atom. The van der Waals surface area contributed by atoms with Crippen molar-refractivity contribution in [2.45, 2.75) is 70.5 Å². The summed E-state index contributed by atoms with van der Waals surface area (Å²) < 4.78 is 13.7. The Hall–Kier alpha value is -3.17. The fourth-order valence-electron chi connectivity index (χ4n) is 4.84. The van der Waals surface area contributed by atoms with Crippen LogP contribution in [-0.2, 0) is 9.59 Å². The fourth-order valence-corrected chi connectivity index (χ4v) is 4.84. The molecule has 5 amide bonds. The first-order valence-electron chi connectivity index (χ1n) is 12.4. The van der Waals surface area contributed by atoms with E-state index < -0.39 is 41.7 Å². The van der Waals surface area contributed by atoms with Crippen LogP contribution in [0.5, 0.6) is 0 Å². The average molecular weight is 490 g/mol. The summed E-state index contributed by atoms with van der Waals surface area (Å²) in [6, 6.07) is 2.89. The van der Waals surface area contributed by atoms with Crippen LogP contribution in [0.4, 0.5) is 9.18 Å². The number of amides is 5. The van der Waals surface area contributed by atoms with Gasteiger partial charge in [-0.1, -0.05) is 38.2 Å². The molecule has 0 spiro atoms. The molecule has 1 aromatic rings. The molecule has 2 fully saturated rings. The van der Waals surface area contributed by atoms with Crippen molar-refractivity contribution >= 4 is 23.8 Å². The third-order valence-corrected chi connectivity index (χ3v) is 6.67. The number of carbonyl (C=O) groups is 4. The second kappa shape index (κ2) is 12.0. The van der Waals surface area contributed by atoms with E-state index in [1.54, 1.807) is 0 Å². The van der Waals surface area contributed by atoms with Crippen molar-refractivity contribution in [3.63, 3.8) is 0 Å². The van der Waals surface area contributed by atoms with Crippen LogP contribution in [0, 0.1) is 11.7 Å². The number of rotatable bonds is 7. The lowest BCUT2D eigenvalue weighted by Gasteiger charge is -2.41. The summed E-state index contributed by atoms with van der Waals surface area (Å²) in [6.07, 6.45) is 5.78. The lowest BCUT2D eigenvalue weighted by atomic mass is 9.84. The number of carbonyl (C=O) groups excluding carboxylic acids is 4. The number of nitrogens with one attached hydrogen (secondary N) is 2. The van der Waals surface area contributed by atoms with E-state index in [0.29, 0.717) is 12.3 Å². The summed E-state index contributed by atoms with van der Waals surface area (Å²) in [5.74, 6) is -1.82. The minimum absolute atomic E-state index is 0.0817. The minimum Gasteiger partial charge on any atom is -0.368 e. The van der Waals surface area contributed by atoms with Crippen molar-refractivity contribution < 1.29 is 23.6 Å². The highest BCUT2D eigenvalue weighted by Gasteiger charge is 2.39. The van der Waals surface area contributed by atoms with Gasteiger partial charge >= 0.3 is 6.03 Å². The topological polar surface area (TPSA) is 125 Å². The summed E-state index contributed by atoms with van der Waals surface area (Å²) >= 11 is 0. The maximum atomic E-state index is 13.7. The largest absolute Gasteiger partial charge is 0.368 e. The van der Waals surface area contributed by atoms with Crippen LogP contribution in [0.15, 0.2) is 24.3 Å². The van der Waals surface area contributed by atoms with E-state index in [1.165, 1.54) is 34.4 Å². The Balaban J connectivity index is 1.77. The van der Waals surface area contributed by atoms with Crippen LogP contribution in [0.3, 0.4) is 0 Å². The number of piperazine rings is 1. The van der Waals surface area contributed by atoms with Crippen LogP contribution in [0.2, 0.25) is 0 Å². The van der Waals surface area contributed by atoms with Gasteiger partial charge in [-0.2, -0.15) is 0 Å². The monoisotopic (exact) mass is 489 g/mol. The second-order valence-corrected chi connectivity index (χ2v) is 9.78. The highest BCUT2D eigenvalue weighted by molar-refractivity contribution is 5.96. The van der Waals surface area contributed by atoms with Crippen LogP contribution in [0.1, 0.15) is 62.7 Å². The molecule has 0 bridgehead atoms. The Morgan fingerprint density at radius 3 is 2.43 bits per heavy atom. The summed E-state index contributed by atoms with van der Waals surface area (Å²) in [5.41, 5.74) is 5.77. The Labute approximate surface area is 205 Å². The minimum atomic E-state index is -1.02. The summed E-state index contributed by atoms with van der Waals surface area (Å²) in [5, 5.41) is 5.53. The molecule has 192 valence electrons. The zero-order valence-corrected chi connectivity index (χ0v) is 20.5. The molecule has 4 N–H and O–H groups in total. The summed E-state index contributed by atoms with van der Waals surface area (Å²) in [4.78, 5) is 54.2. The zero-order valence-electron chi connectivity index (χ0n) is 20.5. The molecule has 9 nitrogen and oxygen atoms in total. The number of benzene rings is 1. The van der Waals surface area contributed by atoms with Gasteiger partial charge in [-0.3, -0.25) is 14.4 Å². The van der Waals surface area contributed by atoms with Gasteiger partial charge < -0.3 is 26.2 Å². The van der Waals surface area contributed by atoms with E-state index in [9.17, 15) is 23.6 Å². The van der Waals surface area contributed by atoms with E-state index in [4.69, 9.17) is 5.73 Å². The van der Waals surface area contributed by atoms with Gasteiger partial charge in [-0.25, -0.2) is 9.18 Å². The quantitative estimate of drug-likeness (QED) is 0.542. The van der Waals surface area contributed by atoms with Crippen molar-refractivity contribution in [1.29, 1.82) is 0 Å². The Kier molecular flexibility index (Phi) is 9.06. The molecular formula is C25H36FN5O4. The third kappa shape index (κ3) is 7.16. The molecule has 1 saturated carbocycles. The standard InChI is InChI=1S/C25H36FN5O4/c1-16(2)28-25(35)31-12-11-30(24(34)18-9-6-10-19(26)14-18)15-21(31)23(33)29-20(22(27)32)13-17-7-4-3-5-8-17/h6,9-10,14,16-17,20-21H,3-5,7-8,11-13,15H2,1-2H3,(H2,27,32)(H,28,35)(H,29,33). The lowest BCUT2D eigenvalue weighted by Crippen LogP contribution is -2.65. The molecule has 2 atom stereocenters. The smallest absolute Gasteiger partial charge is 0.318 e. The number of nitrogens with zero attached hydrogens (tertiary/aromatic N) is 2. The molecule has 1 aromatic carbocycles. The second-order valence-electron chi connectivity index (χ2n) is 9.78. The normalized spacial score (nSPS) is 19.8. The predicted octanol–water partition coefficient (Wildman–Crippen LogP) is 2.01. The number of urea groups is 1. The molecule has 3 rings (SSSR count). The molecule has 2 unspecified atom stereocenters. The first-order valence-corrected chi connectivity index (χ1v) is 12.4. The fraction of sp³-hybridized carbons (Fsp3) is 0.600. The maximum Gasteiger partial charge on any atom is 0.318 e. The van der Waals surface area contributed by atoms with Gasteiger partial charge in [-0.15, -0.1) is 0 Å². The van der Waals surface area contributed by atoms with Crippen molar-refractivity contribution in [2.75, 3.05) is 19.6 Å². The Morgan fingerprint density at radius 1 is 1.09 bits per heavy atom. The van der Waals surface area contributed by atoms with Crippen molar-refractivity contribution in [2.24, 2.45) is 11.7 Å². The number of primary amides is 1. The third-order valence-electron chi connectivity index (χ3n) is 6.67. The van der Waals surface area contributed by atoms with Crippen LogP contribution in [-0.4, -0.2) is 71.3 Å². The first-order chi connectivity index (χ1) is 16.7. The van der Waals surface area contributed by atoms with Crippen molar-refractivity contribution in [3.8, 4) is 0 Å². The summed E-state index contributed by atoms with van der Waals surface area (Å²) in [6.45, 7) is 3.84. The predicted molar refractivity (Wildman–Crippen MR) is 129 cm³/mol. The van der Waals surface area contributed by atoms with Gasteiger partial charge in [0.05, 0.1) is 6.54 Å². The van der Waals surface area contributed by atoms with Crippen LogP contribution < -0.4 is 16.4 Å². The molecule has 1 aliphatic heterocycles. The van der Waals surface area contributed by atoms with Crippen molar-refractivity contribution in [3.05, 3.63) is 35.6 Å². The Bertz CT molecular complexity index is 934. The van der Waals surface area contributed by atoms with E-state index in [-0.39, 0.29) is 31.2 Å². The van der Waals surface area contributed by atoms with Crippen molar-refractivity contribution in [1.82, 2.24) is 20.4 Å². The average Bonchev–Trinajstić information content (AvgIpc) is 2.82. The summed E-state index contributed by atoms with van der Waals surface area (Å²) in [7, 11) is 0. The van der Waals surface area contributed by atoms with Crippen LogP contribution in [0.25, 0.3) is 0 Å². The van der Waals surface area contributed by atoms with E-state index in [0.717, 1.165) is 31.7 Å².